The number of rotatable bonds is 6. The third kappa shape index (κ3) is 4.52. The molecule has 1 amide bonds. The average molecular weight is 459 g/mol. The molecule has 166 valence electrons. The van der Waals surface area contributed by atoms with Crippen molar-refractivity contribution in [1.29, 1.82) is 10.5 Å². The number of anilines is 1. The molecule has 0 spiro atoms. The van der Waals surface area contributed by atoms with Crippen LogP contribution in [0.25, 0.3) is 17.0 Å². The monoisotopic (exact) mass is 458 g/mol. The molecule has 4 rings (SSSR count). The Balaban J connectivity index is 1.65. The van der Waals surface area contributed by atoms with Crippen molar-refractivity contribution in [3.63, 3.8) is 0 Å². The first kappa shape index (κ1) is 22.3. The zero-order valence-electron chi connectivity index (χ0n) is 18.2. The lowest BCUT2D eigenvalue weighted by molar-refractivity contribution is -0.143. The number of aryl methyl sites for hydroxylation is 1. The first-order valence-electron chi connectivity index (χ1n) is 10.8. The number of fused-ring (bicyclic) bond motifs is 2. The van der Waals surface area contributed by atoms with Crippen molar-refractivity contribution in [2.24, 2.45) is 0 Å². The molecule has 0 radical (unpaired) electrons. The van der Waals surface area contributed by atoms with Gasteiger partial charge in [0.05, 0.1) is 12.2 Å². The molecule has 1 aliphatic rings. The minimum Gasteiger partial charge on any atom is -0.465 e. The van der Waals surface area contributed by atoms with Crippen molar-refractivity contribution in [2.75, 3.05) is 11.9 Å². The fourth-order valence-electron chi connectivity index (χ4n) is 4.11. The highest BCUT2D eigenvalue weighted by Crippen LogP contribution is 2.37. The number of carbonyl (C=O) groups excluding carboxylic acids is 2. The summed E-state index contributed by atoms with van der Waals surface area (Å²) in [6, 6.07) is 11.6. The van der Waals surface area contributed by atoms with E-state index in [9.17, 15) is 20.1 Å². The minimum atomic E-state index is -0.560. The number of amides is 1. The average Bonchev–Trinajstić information content (AvgIpc) is 3.34. The van der Waals surface area contributed by atoms with E-state index in [0.717, 1.165) is 47.0 Å². The molecule has 3 aromatic rings. The zero-order valence-corrected chi connectivity index (χ0v) is 19.0. The lowest BCUT2D eigenvalue weighted by Crippen LogP contribution is -2.13. The highest BCUT2D eigenvalue weighted by Gasteiger charge is 2.23. The van der Waals surface area contributed by atoms with Crippen molar-refractivity contribution >= 4 is 45.2 Å². The number of hydrogen-bond acceptors (Lipinski definition) is 6. The van der Waals surface area contributed by atoms with Gasteiger partial charge < -0.3 is 14.6 Å². The highest BCUT2D eigenvalue weighted by atomic mass is 32.1. The summed E-state index contributed by atoms with van der Waals surface area (Å²) in [5, 5.41) is 23.4. The summed E-state index contributed by atoms with van der Waals surface area (Å²) in [6.45, 7) is 2.07. The van der Waals surface area contributed by atoms with Gasteiger partial charge in [0.1, 0.15) is 29.3 Å². The maximum atomic E-state index is 12.9. The number of thiophene rings is 1. The Hall–Kier alpha value is -3.88. The summed E-state index contributed by atoms with van der Waals surface area (Å²) in [7, 11) is 0. The number of aromatic nitrogens is 1. The van der Waals surface area contributed by atoms with Gasteiger partial charge in [-0.25, -0.2) is 0 Å². The van der Waals surface area contributed by atoms with Gasteiger partial charge in [0, 0.05) is 27.5 Å². The fraction of sp³-hybridized carbons (Fsp3) is 0.280. The highest BCUT2D eigenvalue weighted by molar-refractivity contribution is 7.16. The van der Waals surface area contributed by atoms with Crippen molar-refractivity contribution < 1.29 is 14.3 Å². The van der Waals surface area contributed by atoms with Crippen LogP contribution in [0.15, 0.2) is 36.0 Å². The van der Waals surface area contributed by atoms with Crippen LogP contribution >= 0.6 is 11.3 Å². The molecule has 0 saturated carbocycles. The summed E-state index contributed by atoms with van der Waals surface area (Å²) < 4.78 is 6.79. The number of carbonyl (C=O) groups is 2. The molecule has 0 bridgehead atoms. The molecule has 7 nitrogen and oxygen atoms in total. The van der Waals surface area contributed by atoms with Crippen molar-refractivity contribution in [3.8, 4) is 12.1 Å². The van der Waals surface area contributed by atoms with E-state index in [1.165, 1.54) is 17.4 Å². The second-order valence-corrected chi connectivity index (χ2v) is 8.79. The van der Waals surface area contributed by atoms with E-state index in [2.05, 4.69) is 11.4 Å². The zero-order chi connectivity index (χ0) is 23.4. The maximum absolute atomic E-state index is 12.9. The van der Waals surface area contributed by atoms with Crippen LogP contribution in [0.3, 0.4) is 0 Å². The standard InChI is InChI=1S/C25H22N4O3S/c1-2-32-23(30)15-29-14-17(18-7-3-5-9-21(18)29)11-16(12-26)24(31)28-25-20(13-27)19-8-4-6-10-22(19)33-25/h3,5,7,9,11,14H,2,4,6,8,10,15H2,1H3,(H,28,31)/b16-11+. The Kier molecular flexibility index (Phi) is 6.58. The molecule has 2 aromatic heterocycles. The van der Waals surface area contributed by atoms with Crippen LogP contribution in [0.4, 0.5) is 5.00 Å². The second-order valence-electron chi connectivity index (χ2n) is 7.69. The number of hydrogen-bond donors (Lipinski definition) is 1. The molecule has 1 aliphatic carbocycles. The number of nitrogens with one attached hydrogen (secondary N) is 1. The lowest BCUT2D eigenvalue weighted by atomic mass is 9.96. The molecule has 0 saturated heterocycles. The van der Waals surface area contributed by atoms with Crippen molar-refractivity contribution in [2.45, 2.75) is 39.2 Å². The van der Waals surface area contributed by atoms with Gasteiger partial charge in [-0.1, -0.05) is 18.2 Å². The lowest BCUT2D eigenvalue weighted by Gasteiger charge is -2.09. The third-order valence-corrected chi connectivity index (χ3v) is 6.81. The summed E-state index contributed by atoms with van der Waals surface area (Å²) in [5.74, 6) is -0.924. The normalized spacial score (nSPS) is 13.1. The molecule has 8 heteroatoms. The van der Waals surface area contributed by atoms with E-state index in [4.69, 9.17) is 4.74 Å². The van der Waals surface area contributed by atoms with Crippen LogP contribution in [0.2, 0.25) is 0 Å². The number of esters is 1. The summed E-state index contributed by atoms with van der Waals surface area (Å²) >= 11 is 1.42. The molecular formula is C25H22N4O3S. The van der Waals surface area contributed by atoms with Crippen LogP contribution in [0.5, 0.6) is 0 Å². The van der Waals surface area contributed by atoms with Gasteiger partial charge in [0.15, 0.2) is 0 Å². The Morgan fingerprint density at radius 1 is 1.24 bits per heavy atom. The van der Waals surface area contributed by atoms with Crippen LogP contribution < -0.4 is 5.32 Å². The quantitative estimate of drug-likeness (QED) is 0.331. The molecule has 1 aromatic carbocycles. The van der Waals surface area contributed by atoms with Gasteiger partial charge in [-0.3, -0.25) is 9.59 Å². The van der Waals surface area contributed by atoms with Crippen LogP contribution in [-0.2, 0) is 33.7 Å². The van der Waals surface area contributed by atoms with Gasteiger partial charge in [-0.15, -0.1) is 11.3 Å². The van der Waals surface area contributed by atoms with Gasteiger partial charge in [-0.05, 0) is 50.3 Å². The molecule has 1 N–H and O–H groups in total. The van der Waals surface area contributed by atoms with E-state index in [0.29, 0.717) is 22.7 Å². The van der Waals surface area contributed by atoms with Gasteiger partial charge in [-0.2, -0.15) is 10.5 Å². The SMILES string of the molecule is CCOC(=O)Cn1cc(/C=C(\C#N)C(=O)Nc2sc3c(c2C#N)CCCC3)c2ccccc21. The Bertz CT molecular complexity index is 1350. The predicted octanol–water partition coefficient (Wildman–Crippen LogP) is 4.56. The van der Waals surface area contributed by atoms with Crippen molar-refractivity contribution in [1.82, 2.24) is 4.57 Å². The van der Waals surface area contributed by atoms with Crippen LogP contribution in [-0.4, -0.2) is 23.1 Å². The summed E-state index contributed by atoms with van der Waals surface area (Å²) in [6.07, 6.45) is 7.10. The van der Waals surface area contributed by atoms with Crippen molar-refractivity contribution in [3.05, 3.63) is 57.6 Å². The Morgan fingerprint density at radius 3 is 2.79 bits per heavy atom. The Morgan fingerprint density at radius 2 is 2.03 bits per heavy atom. The third-order valence-electron chi connectivity index (χ3n) is 5.60. The van der Waals surface area contributed by atoms with E-state index in [1.807, 2.05) is 30.3 Å². The van der Waals surface area contributed by atoms with Crippen LogP contribution in [0, 0.1) is 22.7 Å². The maximum Gasteiger partial charge on any atom is 0.325 e. The first-order chi connectivity index (χ1) is 16.0. The van der Waals surface area contributed by atoms with E-state index >= 15 is 0 Å². The topological polar surface area (TPSA) is 108 Å². The predicted molar refractivity (Wildman–Crippen MR) is 126 cm³/mol. The molecule has 0 atom stereocenters. The number of nitrogens with zero attached hydrogens (tertiary/aromatic N) is 3. The minimum absolute atomic E-state index is 0.0303. The van der Waals surface area contributed by atoms with Crippen LogP contribution in [0.1, 0.15) is 41.3 Å². The van der Waals surface area contributed by atoms with Gasteiger partial charge in [0.25, 0.3) is 5.91 Å². The molecular weight excluding hydrogens is 436 g/mol. The fourth-order valence-corrected chi connectivity index (χ4v) is 5.35. The van der Waals surface area contributed by atoms with E-state index in [-0.39, 0.29) is 18.1 Å². The molecule has 33 heavy (non-hydrogen) atoms. The van der Waals surface area contributed by atoms with Gasteiger partial charge in [0.2, 0.25) is 0 Å². The largest absolute Gasteiger partial charge is 0.465 e. The molecule has 0 fully saturated rings. The first-order valence-corrected chi connectivity index (χ1v) is 11.6. The molecule has 2 heterocycles. The summed E-state index contributed by atoms with van der Waals surface area (Å²) in [4.78, 5) is 26.1. The number of ether oxygens (including phenoxy) is 1. The van der Waals surface area contributed by atoms with E-state index < -0.39 is 5.91 Å². The van der Waals surface area contributed by atoms with Gasteiger partial charge >= 0.3 is 5.97 Å². The smallest absolute Gasteiger partial charge is 0.325 e. The number of para-hydroxylation sites is 1. The number of nitriles is 2. The number of benzene rings is 1. The molecule has 0 unspecified atom stereocenters. The second kappa shape index (κ2) is 9.72. The Labute approximate surface area is 195 Å². The molecule has 0 aliphatic heterocycles. The van der Waals surface area contributed by atoms with E-state index in [1.54, 1.807) is 17.7 Å². The summed E-state index contributed by atoms with van der Waals surface area (Å²) in [5.41, 5.74) is 2.89.